The number of hydrogen-bond acceptors (Lipinski definition) is 4. The van der Waals surface area contributed by atoms with Gasteiger partial charge in [-0.05, 0) is 60.0 Å². The molecule has 5 nitrogen and oxygen atoms in total. The van der Waals surface area contributed by atoms with Gasteiger partial charge >= 0.3 is 0 Å². The maximum Gasteiger partial charge on any atom is 0.217 e. The van der Waals surface area contributed by atoms with Crippen LogP contribution in [0, 0.1) is 0 Å². The van der Waals surface area contributed by atoms with Crippen LogP contribution < -0.4 is 5.32 Å². The van der Waals surface area contributed by atoms with Gasteiger partial charge in [0, 0.05) is 30.3 Å². The average molecular weight is 375 g/mol. The smallest absolute Gasteiger partial charge is 0.217 e. The van der Waals surface area contributed by atoms with Crippen LogP contribution in [0.4, 0.5) is 0 Å². The summed E-state index contributed by atoms with van der Waals surface area (Å²) in [6.45, 7) is 15.9. The van der Waals surface area contributed by atoms with Crippen molar-refractivity contribution in [1.82, 2.24) is 10.2 Å². The molecule has 1 saturated carbocycles. The first kappa shape index (κ1) is 20.0. The van der Waals surface area contributed by atoms with Crippen molar-refractivity contribution in [3.63, 3.8) is 0 Å². The first-order chi connectivity index (χ1) is 12.7. The minimum atomic E-state index is 0.0425. The Labute approximate surface area is 163 Å². The second-order valence-electron chi connectivity index (χ2n) is 8.74. The molecule has 5 heteroatoms. The summed E-state index contributed by atoms with van der Waals surface area (Å²) >= 11 is 0. The number of fused-ring (bicyclic) bond motifs is 1. The Morgan fingerprint density at radius 3 is 2.15 bits per heavy atom. The monoisotopic (exact) mass is 374 g/mol. The predicted molar refractivity (Wildman–Crippen MR) is 107 cm³/mol. The molecule has 1 amide bonds. The van der Waals surface area contributed by atoms with Crippen molar-refractivity contribution in [1.29, 1.82) is 0 Å². The van der Waals surface area contributed by atoms with E-state index in [-0.39, 0.29) is 24.1 Å². The molecule has 3 aliphatic rings. The Morgan fingerprint density at radius 1 is 0.963 bits per heavy atom. The molecule has 3 fully saturated rings. The van der Waals surface area contributed by atoms with Crippen LogP contribution in [0.1, 0.15) is 61.3 Å². The highest BCUT2D eigenvalue weighted by Gasteiger charge is 2.47. The molecule has 0 aromatic rings. The lowest BCUT2D eigenvalue weighted by atomic mass is 9.82. The quantitative estimate of drug-likeness (QED) is 0.801. The molecule has 2 heterocycles. The van der Waals surface area contributed by atoms with E-state index in [0.29, 0.717) is 19.3 Å². The summed E-state index contributed by atoms with van der Waals surface area (Å²) in [7, 11) is 0. The summed E-state index contributed by atoms with van der Waals surface area (Å²) in [6.07, 6.45) is 1.99. The molecule has 27 heavy (non-hydrogen) atoms. The van der Waals surface area contributed by atoms with Gasteiger partial charge in [-0.2, -0.15) is 0 Å². The molecule has 2 atom stereocenters. The Hall–Kier alpha value is -1.75. The van der Waals surface area contributed by atoms with E-state index in [4.69, 9.17) is 9.47 Å². The van der Waals surface area contributed by atoms with E-state index in [9.17, 15) is 4.79 Å². The minimum Gasteiger partial charge on any atom is -0.485 e. The van der Waals surface area contributed by atoms with E-state index >= 15 is 0 Å². The number of nitrogens with zero attached hydrogens (tertiary/aromatic N) is 1. The molecule has 1 N–H and O–H groups in total. The molecule has 0 aromatic heterocycles. The van der Waals surface area contributed by atoms with Crippen LogP contribution in [0.25, 0.3) is 0 Å². The summed E-state index contributed by atoms with van der Waals surface area (Å²) in [5.74, 6) is 1.06. The highest BCUT2D eigenvalue weighted by atomic mass is 16.6. The van der Waals surface area contributed by atoms with Crippen LogP contribution in [-0.2, 0) is 14.3 Å². The van der Waals surface area contributed by atoms with Crippen LogP contribution in [-0.4, -0.2) is 48.3 Å². The molecular weight excluding hydrogens is 340 g/mol. The van der Waals surface area contributed by atoms with E-state index in [1.165, 1.54) is 28.0 Å². The maximum atomic E-state index is 11.4. The lowest BCUT2D eigenvalue weighted by Gasteiger charge is -2.48. The van der Waals surface area contributed by atoms with Crippen LogP contribution in [0.5, 0.6) is 0 Å². The van der Waals surface area contributed by atoms with Crippen molar-refractivity contribution in [2.75, 3.05) is 13.2 Å². The van der Waals surface area contributed by atoms with Crippen molar-refractivity contribution in [3.8, 4) is 0 Å². The van der Waals surface area contributed by atoms with Gasteiger partial charge in [0.2, 0.25) is 5.91 Å². The summed E-state index contributed by atoms with van der Waals surface area (Å²) in [6, 6.07) is 0.883. The fourth-order valence-electron chi connectivity index (χ4n) is 4.52. The average Bonchev–Trinajstić information content (AvgIpc) is 2.91. The summed E-state index contributed by atoms with van der Waals surface area (Å²) in [5.41, 5.74) is 6.28. The van der Waals surface area contributed by atoms with Crippen LogP contribution >= 0.6 is 0 Å². The van der Waals surface area contributed by atoms with E-state index in [1.54, 1.807) is 6.92 Å². The first-order valence-electron chi connectivity index (χ1n) is 10.0. The number of amides is 1. The van der Waals surface area contributed by atoms with Crippen molar-refractivity contribution in [2.24, 2.45) is 0 Å². The number of ether oxygens (including phenoxy) is 2. The molecule has 3 rings (SSSR count). The summed E-state index contributed by atoms with van der Waals surface area (Å²) in [5, 5.41) is 3.06. The molecule has 0 radical (unpaired) electrons. The number of carbonyl (C=O) groups excluding carboxylic acids is 1. The fraction of sp³-hybridized carbons (Fsp3) is 0.682. The molecular formula is C22H34N2O3. The van der Waals surface area contributed by atoms with E-state index in [1.807, 2.05) is 0 Å². The number of hydrogen-bond donors (Lipinski definition) is 1. The molecule has 2 saturated heterocycles. The Kier molecular flexibility index (Phi) is 5.71. The normalized spacial score (nSPS) is 30.2. The van der Waals surface area contributed by atoms with Crippen molar-refractivity contribution in [3.05, 3.63) is 33.7 Å². The largest absolute Gasteiger partial charge is 0.485 e. The second kappa shape index (κ2) is 7.70. The van der Waals surface area contributed by atoms with Gasteiger partial charge in [-0.1, -0.05) is 11.1 Å². The molecule has 2 aliphatic heterocycles. The third kappa shape index (κ3) is 3.79. The van der Waals surface area contributed by atoms with Gasteiger partial charge in [-0.25, -0.2) is 0 Å². The topological polar surface area (TPSA) is 50.8 Å². The Bertz CT molecular complexity index is 701. The van der Waals surface area contributed by atoms with Gasteiger partial charge in [0.25, 0.3) is 0 Å². The van der Waals surface area contributed by atoms with Gasteiger partial charge in [0.15, 0.2) is 0 Å². The zero-order chi connectivity index (χ0) is 19.9. The van der Waals surface area contributed by atoms with E-state index in [2.05, 4.69) is 51.8 Å². The second-order valence-corrected chi connectivity index (χ2v) is 8.74. The van der Waals surface area contributed by atoms with Crippen LogP contribution in [0.2, 0.25) is 0 Å². The third-order valence-corrected chi connectivity index (χ3v) is 5.69. The lowest BCUT2D eigenvalue weighted by Crippen LogP contribution is -2.57. The van der Waals surface area contributed by atoms with Gasteiger partial charge in [-0.15, -0.1) is 0 Å². The van der Waals surface area contributed by atoms with Crippen LogP contribution in [0.15, 0.2) is 33.7 Å². The maximum absolute atomic E-state index is 11.4. The van der Waals surface area contributed by atoms with Gasteiger partial charge in [-0.3, -0.25) is 4.79 Å². The summed E-state index contributed by atoms with van der Waals surface area (Å²) in [4.78, 5) is 14.0. The molecule has 150 valence electrons. The SMILES string of the molecule is CC(=O)NC1CC(N2C(=C(C)C)C(=C(C)C)C(=C(C)C)OC3COCC32)C1. The highest BCUT2D eigenvalue weighted by molar-refractivity contribution is 5.73. The number of carbonyl (C=O) groups is 1. The van der Waals surface area contributed by atoms with Crippen LogP contribution in [0.3, 0.4) is 0 Å². The molecule has 1 aliphatic carbocycles. The minimum absolute atomic E-state index is 0.0425. The third-order valence-electron chi connectivity index (χ3n) is 5.69. The van der Waals surface area contributed by atoms with E-state index in [0.717, 1.165) is 18.6 Å². The Balaban J connectivity index is 2.04. The predicted octanol–water partition coefficient (Wildman–Crippen LogP) is 3.68. The number of rotatable bonds is 2. The summed E-state index contributed by atoms with van der Waals surface area (Å²) < 4.78 is 12.4. The number of nitrogens with one attached hydrogen (secondary N) is 1. The van der Waals surface area contributed by atoms with E-state index < -0.39 is 0 Å². The highest BCUT2D eigenvalue weighted by Crippen LogP contribution is 2.43. The first-order valence-corrected chi connectivity index (χ1v) is 10.0. The zero-order valence-electron chi connectivity index (χ0n) is 17.8. The zero-order valence-corrected chi connectivity index (χ0v) is 17.8. The standard InChI is InChI=1S/C22H34N2O3/c1-12(2)20-21(13(3)4)24(17-8-16(9-17)23-15(7)25)18-10-26-11-19(18)27-22(20)14(5)6/h16-19H,8-11H2,1-7H3,(H,23,25). The van der Waals surface area contributed by atoms with Gasteiger partial charge < -0.3 is 19.7 Å². The van der Waals surface area contributed by atoms with Crippen molar-refractivity contribution >= 4 is 5.91 Å². The molecule has 2 unspecified atom stereocenters. The number of allylic oxidation sites excluding steroid dienone is 3. The molecule has 0 spiro atoms. The molecule has 0 aromatic carbocycles. The van der Waals surface area contributed by atoms with Crippen molar-refractivity contribution < 1.29 is 14.3 Å². The molecule has 0 bridgehead atoms. The van der Waals surface area contributed by atoms with Gasteiger partial charge in [0.1, 0.15) is 11.9 Å². The van der Waals surface area contributed by atoms with Crippen molar-refractivity contribution in [2.45, 2.75) is 85.5 Å². The Morgan fingerprint density at radius 2 is 1.63 bits per heavy atom. The lowest BCUT2D eigenvalue weighted by molar-refractivity contribution is -0.120. The fourth-order valence-corrected chi connectivity index (χ4v) is 4.52. The van der Waals surface area contributed by atoms with Gasteiger partial charge in [0.05, 0.1) is 19.3 Å².